The van der Waals surface area contributed by atoms with Gasteiger partial charge in [-0.2, -0.15) is 5.26 Å². The van der Waals surface area contributed by atoms with Crippen LogP contribution in [0.25, 0.3) is 6.08 Å². The first-order valence-corrected chi connectivity index (χ1v) is 10.4. The molecule has 3 rings (SSSR count). The summed E-state index contributed by atoms with van der Waals surface area (Å²) in [5.41, 5.74) is 8.39. The largest absolute Gasteiger partial charge is 0.333 e. The van der Waals surface area contributed by atoms with Gasteiger partial charge in [0.25, 0.3) is 5.91 Å². The highest BCUT2D eigenvalue weighted by molar-refractivity contribution is 6.04. The van der Waals surface area contributed by atoms with Crippen LogP contribution in [0.1, 0.15) is 40.9 Å². The Labute approximate surface area is 195 Å². The van der Waals surface area contributed by atoms with E-state index >= 15 is 0 Å². The lowest BCUT2D eigenvalue weighted by Gasteiger charge is -2.18. The third kappa shape index (κ3) is 6.74. The maximum atomic E-state index is 12.8. The van der Waals surface area contributed by atoms with E-state index in [1.54, 1.807) is 36.8 Å². The van der Waals surface area contributed by atoms with E-state index in [2.05, 4.69) is 22.1 Å². The lowest BCUT2D eigenvalue weighted by atomic mass is 9.85. The van der Waals surface area contributed by atoms with Crippen LogP contribution in [-0.2, 0) is 5.41 Å². The van der Waals surface area contributed by atoms with Gasteiger partial charge in [-0.1, -0.05) is 24.3 Å². The summed E-state index contributed by atoms with van der Waals surface area (Å²) in [6.07, 6.45) is 7.07. The van der Waals surface area contributed by atoms with E-state index in [9.17, 15) is 10.1 Å². The van der Waals surface area contributed by atoms with Crippen LogP contribution < -0.4 is 21.9 Å². The quantitative estimate of drug-likeness (QED) is 0.385. The number of carbonyl (C=O) groups excluding carboxylic acids is 1. The van der Waals surface area contributed by atoms with Crippen LogP contribution >= 0.6 is 0 Å². The summed E-state index contributed by atoms with van der Waals surface area (Å²) in [4.78, 5) is 16.9. The number of hydrazine groups is 1. The zero-order valence-electron chi connectivity index (χ0n) is 19.4. The molecule has 1 aromatic heterocycles. The number of anilines is 2. The minimum atomic E-state index is -0.673. The van der Waals surface area contributed by atoms with Crippen molar-refractivity contribution in [2.24, 2.45) is 11.6 Å². The van der Waals surface area contributed by atoms with Crippen molar-refractivity contribution < 1.29 is 4.79 Å². The number of hydrogen-bond acceptors (Lipinski definition) is 6. The first kappa shape index (κ1) is 25.3. The number of aromatic nitrogens is 1. The standard InChI is InChI=1S/C25H25N5O.CH5N/c1-18-9-10-22(15-23(18)30(27)13-11-19-6-5-12-28-16-19)29-24(31)20-7-4-8-21(14-20)25(2,3)17-26;1-2/h4-16H,27H2,1-3H3,(H,29,31);2H2,1H3/b13-11+;. The fraction of sp³-hybridized carbons (Fsp3) is 0.192. The second kappa shape index (κ2) is 11.6. The topological polar surface area (TPSA) is 121 Å². The third-order valence-corrected chi connectivity index (χ3v) is 4.98. The van der Waals surface area contributed by atoms with Gasteiger partial charge in [0.15, 0.2) is 0 Å². The molecular formula is C26H30N6O. The van der Waals surface area contributed by atoms with Gasteiger partial charge in [-0.3, -0.25) is 14.8 Å². The summed E-state index contributed by atoms with van der Waals surface area (Å²) in [6.45, 7) is 5.60. The number of nitrogens with two attached hydrogens (primary N) is 2. The highest BCUT2D eigenvalue weighted by atomic mass is 16.1. The Morgan fingerprint density at radius 3 is 2.58 bits per heavy atom. The zero-order valence-corrected chi connectivity index (χ0v) is 19.4. The van der Waals surface area contributed by atoms with E-state index in [4.69, 9.17) is 5.84 Å². The van der Waals surface area contributed by atoms with Crippen molar-refractivity contribution in [3.05, 3.63) is 95.4 Å². The van der Waals surface area contributed by atoms with Crippen LogP contribution in [0.15, 0.2) is 73.2 Å². The van der Waals surface area contributed by atoms with Crippen molar-refractivity contribution in [2.75, 3.05) is 17.4 Å². The number of nitrogens with zero attached hydrogens (tertiary/aromatic N) is 3. The fourth-order valence-electron chi connectivity index (χ4n) is 3.00. The monoisotopic (exact) mass is 442 g/mol. The SMILES string of the molecule is CN.Cc1ccc(NC(=O)c2cccc(C(C)(C)C#N)c2)cc1N(N)/C=C/c1cccnc1. The van der Waals surface area contributed by atoms with Gasteiger partial charge in [0, 0.05) is 29.8 Å². The molecule has 0 unspecified atom stereocenters. The maximum Gasteiger partial charge on any atom is 0.255 e. The number of aryl methyl sites for hydroxylation is 1. The van der Waals surface area contributed by atoms with Gasteiger partial charge in [-0.25, -0.2) is 5.84 Å². The first-order chi connectivity index (χ1) is 15.8. The Morgan fingerprint density at radius 2 is 1.91 bits per heavy atom. The van der Waals surface area contributed by atoms with Crippen molar-refractivity contribution in [1.29, 1.82) is 5.26 Å². The molecule has 0 saturated carbocycles. The molecule has 0 aliphatic carbocycles. The van der Waals surface area contributed by atoms with E-state index < -0.39 is 5.41 Å². The Kier molecular flexibility index (Phi) is 8.87. The van der Waals surface area contributed by atoms with Crippen LogP contribution in [-0.4, -0.2) is 17.9 Å². The molecule has 0 radical (unpaired) electrons. The van der Waals surface area contributed by atoms with Crippen LogP contribution in [0, 0.1) is 18.3 Å². The normalized spacial score (nSPS) is 10.7. The summed E-state index contributed by atoms with van der Waals surface area (Å²) < 4.78 is 0. The lowest BCUT2D eigenvalue weighted by molar-refractivity contribution is 0.102. The molecule has 0 atom stereocenters. The van der Waals surface area contributed by atoms with Crippen LogP contribution in [0.5, 0.6) is 0 Å². The molecule has 0 spiro atoms. The predicted octanol–water partition coefficient (Wildman–Crippen LogP) is 4.37. The lowest BCUT2D eigenvalue weighted by Crippen LogP contribution is -2.25. The molecule has 7 nitrogen and oxygen atoms in total. The molecule has 0 fully saturated rings. The Hall–Kier alpha value is -3.99. The molecule has 0 bridgehead atoms. The van der Waals surface area contributed by atoms with E-state index in [0.717, 1.165) is 22.4 Å². The van der Waals surface area contributed by atoms with Crippen molar-refractivity contribution in [2.45, 2.75) is 26.2 Å². The van der Waals surface area contributed by atoms with Gasteiger partial charge in [0.2, 0.25) is 0 Å². The van der Waals surface area contributed by atoms with Crippen molar-refractivity contribution >= 4 is 23.4 Å². The van der Waals surface area contributed by atoms with Gasteiger partial charge in [-0.15, -0.1) is 0 Å². The zero-order chi connectivity index (χ0) is 24.4. The second-order valence-electron chi connectivity index (χ2n) is 7.78. The Bertz CT molecular complexity index is 1150. The molecule has 5 N–H and O–H groups in total. The molecule has 0 saturated heterocycles. The average molecular weight is 443 g/mol. The summed E-state index contributed by atoms with van der Waals surface area (Å²) >= 11 is 0. The van der Waals surface area contributed by atoms with Gasteiger partial charge >= 0.3 is 0 Å². The Balaban J connectivity index is 0.00000187. The molecule has 33 heavy (non-hydrogen) atoms. The van der Waals surface area contributed by atoms with Gasteiger partial charge in [0.05, 0.1) is 17.2 Å². The number of nitrogens with one attached hydrogen (secondary N) is 1. The van der Waals surface area contributed by atoms with Crippen molar-refractivity contribution in [1.82, 2.24) is 4.98 Å². The summed E-state index contributed by atoms with van der Waals surface area (Å²) in [5.74, 6) is 5.97. The predicted molar refractivity (Wildman–Crippen MR) is 134 cm³/mol. The molecule has 7 heteroatoms. The van der Waals surface area contributed by atoms with E-state index in [-0.39, 0.29) is 5.91 Å². The minimum Gasteiger partial charge on any atom is -0.333 e. The molecule has 1 heterocycles. The van der Waals surface area contributed by atoms with Crippen molar-refractivity contribution in [3.8, 4) is 6.07 Å². The van der Waals surface area contributed by atoms with Crippen LogP contribution in [0.2, 0.25) is 0 Å². The van der Waals surface area contributed by atoms with E-state index in [1.165, 1.54) is 12.1 Å². The van der Waals surface area contributed by atoms with Crippen LogP contribution in [0.3, 0.4) is 0 Å². The van der Waals surface area contributed by atoms with Crippen molar-refractivity contribution in [3.63, 3.8) is 0 Å². The molecular weight excluding hydrogens is 412 g/mol. The first-order valence-electron chi connectivity index (χ1n) is 10.4. The van der Waals surface area contributed by atoms with E-state index in [1.807, 2.05) is 63.2 Å². The highest BCUT2D eigenvalue weighted by Gasteiger charge is 2.21. The molecule has 0 aliphatic heterocycles. The maximum absolute atomic E-state index is 12.8. The number of pyridine rings is 1. The Morgan fingerprint density at radius 1 is 1.15 bits per heavy atom. The second-order valence-corrected chi connectivity index (χ2v) is 7.78. The summed E-state index contributed by atoms with van der Waals surface area (Å²) in [5, 5.41) is 13.8. The number of hydrogen-bond donors (Lipinski definition) is 3. The summed E-state index contributed by atoms with van der Waals surface area (Å²) in [6, 6.07) is 18.7. The van der Waals surface area contributed by atoms with E-state index in [0.29, 0.717) is 11.3 Å². The summed E-state index contributed by atoms with van der Waals surface area (Å²) in [7, 11) is 1.50. The van der Waals surface area contributed by atoms with Crippen LogP contribution in [0.4, 0.5) is 11.4 Å². The number of amides is 1. The number of nitriles is 1. The average Bonchev–Trinajstić information content (AvgIpc) is 2.85. The fourth-order valence-corrected chi connectivity index (χ4v) is 3.00. The highest BCUT2D eigenvalue weighted by Crippen LogP contribution is 2.25. The molecule has 2 aromatic carbocycles. The minimum absolute atomic E-state index is 0.250. The molecule has 0 aliphatic rings. The molecule has 170 valence electrons. The molecule has 3 aromatic rings. The van der Waals surface area contributed by atoms with Gasteiger partial charge in [-0.05, 0) is 80.9 Å². The molecule has 1 amide bonds. The van der Waals surface area contributed by atoms with Gasteiger partial charge < -0.3 is 11.1 Å². The third-order valence-electron chi connectivity index (χ3n) is 4.98. The number of benzene rings is 2. The number of carbonyl (C=O) groups is 1. The smallest absolute Gasteiger partial charge is 0.255 e. The number of rotatable bonds is 6. The van der Waals surface area contributed by atoms with Gasteiger partial charge in [0.1, 0.15) is 0 Å².